The Kier molecular flexibility index (Phi) is 2.30. The van der Waals surface area contributed by atoms with E-state index in [4.69, 9.17) is 4.84 Å². The maximum absolute atomic E-state index is 5.13. The SMILES string of the molecule is Ic1ccccc1C1C[C]=NO1. The number of halogens is 1. The Morgan fingerprint density at radius 3 is 3.00 bits per heavy atom. The van der Waals surface area contributed by atoms with E-state index < -0.39 is 0 Å². The summed E-state index contributed by atoms with van der Waals surface area (Å²) in [6.07, 6.45) is 3.64. The molecule has 2 nitrogen and oxygen atoms in total. The summed E-state index contributed by atoms with van der Waals surface area (Å²) in [6, 6.07) is 8.16. The normalized spacial score (nSPS) is 20.9. The van der Waals surface area contributed by atoms with Crippen LogP contribution >= 0.6 is 22.6 Å². The molecule has 1 atom stereocenters. The van der Waals surface area contributed by atoms with Crippen molar-refractivity contribution in [1.82, 2.24) is 0 Å². The van der Waals surface area contributed by atoms with E-state index in [1.54, 1.807) is 0 Å². The van der Waals surface area contributed by atoms with Gasteiger partial charge in [0.05, 0.1) is 0 Å². The predicted molar refractivity (Wildman–Crippen MR) is 55.0 cm³/mol. The Morgan fingerprint density at radius 2 is 2.33 bits per heavy atom. The lowest BCUT2D eigenvalue weighted by atomic mass is 10.1. The average molecular weight is 272 g/mol. The number of hydrogen-bond acceptors (Lipinski definition) is 2. The van der Waals surface area contributed by atoms with Crippen molar-refractivity contribution < 1.29 is 4.84 Å². The van der Waals surface area contributed by atoms with Gasteiger partial charge in [0.1, 0.15) is 6.21 Å². The van der Waals surface area contributed by atoms with Gasteiger partial charge < -0.3 is 4.84 Å². The molecule has 1 heterocycles. The molecule has 1 aromatic carbocycles. The average Bonchev–Trinajstić information content (AvgIpc) is 2.57. The van der Waals surface area contributed by atoms with Gasteiger partial charge in [-0.05, 0) is 28.7 Å². The molecule has 0 amide bonds. The van der Waals surface area contributed by atoms with E-state index in [0.717, 1.165) is 6.42 Å². The molecule has 0 N–H and O–H groups in total. The molecule has 61 valence electrons. The second-order valence-electron chi connectivity index (χ2n) is 2.57. The van der Waals surface area contributed by atoms with E-state index in [2.05, 4.69) is 46.1 Å². The molecule has 1 radical (unpaired) electrons. The quantitative estimate of drug-likeness (QED) is 0.720. The van der Waals surface area contributed by atoms with Crippen LogP contribution in [0, 0.1) is 3.57 Å². The largest absolute Gasteiger partial charge is 0.387 e. The minimum absolute atomic E-state index is 0.0816. The summed E-state index contributed by atoms with van der Waals surface area (Å²) in [7, 11) is 0. The van der Waals surface area contributed by atoms with Crippen molar-refractivity contribution >= 4 is 28.8 Å². The highest BCUT2D eigenvalue weighted by atomic mass is 127. The maximum atomic E-state index is 5.13. The fourth-order valence-electron chi connectivity index (χ4n) is 1.16. The minimum atomic E-state index is 0.0816. The summed E-state index contributed by atoms with van der Waals surface area (Å²) < 4.78 is 1.22. The second-order valence-corrected chi connectivity index (χ2v) is 3.73. The minimum Gasteiger partial charge on any atom is -0.387 e. The van der Waals surface area contributed by atoms with Gasteiger partial charge in [0.2, 0.25) is 0 Å². The molecule has 2 rings (SSSR count). The summed E-state index contributed by atoms with van der Waals surface area (Å²) >= 11 is 2.30. The lowest BCUT2D eigenvalue weighted by Crippen LogP contribution is -1.97. The first-order valence-electron chi connectivity index (χ1n) is 3.71. The van der Waals surface area contributed by atoms with Crippen molar-refractivity contribution in [2.24, 2.45) is 5.16 Å². The molecule has 0 bridgehead atoms. The molecule has 0 fully saturated rings. The third-order valence-corrected chi connectivity index (χ3v) is 2.76. The first kappa shape index (κ1) is 8.04. The highest BCUT2D eigenvalue weighted by Gasteiger charge is 2.18. The topological polar surface area (TPSA) is 21.6 Å². The Balaban J connectivity index is 2.27. The third-order valence-electron chi connectivity index (χ3n) is 1.77. The standard InChI is InChI=1S/C9H7INO/c10-8-4-2-1-3-7(8)9-5-6-11-12-9/h1-4,9H,5H2. The molecule has 1 aliphatic heterocycles. The Hall–Kier alpha value is -0.580. The van der Waals surface area contributed by atoms with Gasteiger partial charge in [0, 0.05) is 15.6 Å². The second kappa shape index (κ2) is 3.43. The van der Waals surface area contributed by atoms with Crippen LogP contribution < -0.4 is 0 Å². The maximum Gasteiger partial charge on any atom is 0.159 e. The van der Waals surface area contributed by atoms with Crippen LogP contribution in [0.5, 0.6) is 0 Å². The molecule has 0 aromatic heterocycles. The third kappa shape index (κ3) is 1.46. The van der Waals surface area contributed by atoms with Crippen LogP contribution in [-0.4, -0.2) is 6.21 Å². The van der Waals surface area contributed by atoms with Crippen LogP contribution in [0.2, 0.25) is 0 Å². The van der Waals surface area contributed by atoms with Crippen LogP contribution in [-0.2, 0) is 4.84 Å². The molecule has 1 aliphatic rings. The monoisotopic (exact) mass is 272 g/mol. The number of hydrogen-bond donors (Lipinski definition) is 0. The molecule has 1 unspecified atom stereocenters. The fourth-order valence-corrected chi connectivity index (χ4v) is 1.90. The summed E-state index contributed by atoms with van der Waals surface area (Å²) in [5, 5.41) is 3.63. The molecule has 0 aliphatic carbocycles. The van der Waals surface area contributed by atoms with Crippen molar-refractivity contribution in [3.05, 3.63) is 33.4 Å². The van der Waals surface area contributed by atoms with E-state index in [1.807, 2.05) is 12.1 Å². The van der Waals surface area contributed by atoms with Crippen molar-refractivity contribution in [2.45, 2.75) is 12.5 Å². The van der Waals surface area contributed by atoms with Crippen LogP contribution in [0.3, 0.4) is 0 Å². The zero-order valence-corrected chi connectivity index (χ0v) is 8.48. The van der Waals surface area contributed by atoms with Crippen molar-refractivity contribution in [2.75, 3.05) is 0 Å². The molecule has 12 heavy (non-hydrogen) atoms. The smallest absolute Gasteiger partial charge is 0.159 e. The van der Waals surface area contributed by atoms with Crippen LogP contribution in [0.15, 0.2) is 29.4 Å². The number of nitrogens with zero attached hydrogens (tertiary/aromatic N) is 1. The van der Waals surface area contributed by atoms with Gasteiger partial charge in [-0.25, -0.2) is 0 Å². The summed E-state index contributed by atoms with van der Waals surface area (Å²) in [6.45, 7) is 0. The first-order chi connectivity index (χ1) is 5.88. The van der Waals surface area contributed by atoms with E-state index in [9.17, 15) is 0 Å². The number of benzene rings is 1. The molecular weight excluding hydrogens is 265 g/mol. The van der Waals surface area contributed by atoms with E-state index >= 15 is 0 Å². The summed E-state index contributed by atoms with van der Waals surface area (Å²) in [5.41, 5.74) is 1.20. The lowest BCUT2D eigenvalue weighted by Gasteiger charge is -2.09. The molecule has 0 spiro atoms. The summed E-state index contributed by atoms with van der Waals surface area (Å²) in [4.78, 5) is 5.13. The summed E-state index contributed by atoms with van der Waals surface area (Å²) in [5.74, 6) is 0. The number of rotatable bonds is 1. The lowest BCUT2D eigenvalue weighted by molar-refractivity contribution is 0.0852. The highest BCUT2D eigenvalue weighted by molar-refractivity contribution is 14.1. The van der Waals surface area contributed by atoms with Crippen molar-refractivity contribution in [3.8, 4) is 0 Å². The van der Waals surface area contributed by atoms with E-state index in [-0.39, 0.29) is 6.10 Å². The van der Waals surface area contributed by atoms with E-state index in [0.29, 0.717) is 0 Å². The molecule has 3 heteroatoms. The van der Waals surface area contributed by atoms with Gasteiger partial charge in [-0.15, -0.1) is 0 Å². The van der Waals surface area contributed by atoms with Crippen molar-refractivity contribution in [3.63, 3.8) is 0 Å². The van der Waals surface area contributed by atoms with Gasteiger partial charge >= 0.3 is 0 Å². The molecule has 0 saturated heterocycles. The molecular formula is C9H7INO. The first-order valence-corrected chi connectivity index (χ1v) is 4.79. The fraction of sp³-hybridized carbons (Fsp3) is 0.222. The highest BCUT2D eigenvalue weighted by Crippen LogP contribution is 2.27. The zero-order valence-electron chi connectivity index (χ0n) is 6.33. The van der Waals surface area contributed by atoms with Gasteiger partial charge in [-0.3, -0.25) is 0 Å². The van der Waals surface area contributed by atoms with Gasteiger partial charge in [0.15, 0.2) is 6.10 Å². The zero-order chi connectivity index (χ0) is 8.39. The molecule has 1 aromatic rings. The van der Waals surface area contributed by atoms with Gasteiger partial charge in [-0.2, -0.15) is 0 Å². The van der Waals surface area contributed by atoms with Crippen LogP contribution in [0.4, 0.5) is 0 Å². The van der Waals surface area contributed by atoms with Crippen LogP contribution in [0.25, 0.3) is 0 Å². The Morgan fingerprint density at radius 1 is 1.50 bits per heavy atom. The van der Waals surface area contributed by atoms with Gasteiger partial charge in [-0.1, -0.05) is 23.4 Å². The Bertz CT molecular complexity index is 303. The Labute approximate surface area is 84.7 Å². The van der Waals surface area contributed by atoms with Crippen LogP contribution in [0.1, 0.15) is 18.1 Å². The predicted octanol–water partition coefficient (Wildman–Crippen LogP) is 2.62. The van der Waals surface area contributed by atoms with Crippen molar-refractivity contribution in [1.29, 1.82) is 0 Å². The molecule has 0 saturated carbocycles. The van der Waals surface area contributed by atoms with E-state index in [1.165, 1.54) is 9.13 Å². The van der Waals surface area contributed by atoms with Gasteiger partial charge in [0.25, 0.3) is 0 Å².